The number of nitrogens with zero attached hydrogens (tertiary/aromatic N) is 1. The SMILES string of the molecule is CS(=O)O.FC(F)(F)c1ccc(C(F)(F)F)c(CN2CCCCC2)c1. The highest BCUT2D eigenvalue weighted by Gasteiger charge is 2.37. The molecule has 1 N–H and O–H groups in total. The van der Waals surface area contributed by atoms with Gasteiger partial charge in [0, 0.05) is 12.8 Å². The molecule has 0 spiro atoms. The Balaban J connectivity index is 0.000000705. The molecule has 1 atom stereocenters. The maximum atomic E-state index is 12.9. The first kappa shape index (κ1) is 21.9. The highest BCUT2D eigenvalue weighted by Crippen LogP contribution is 2.37. The Bertz CT molecular complexity index is 578. The van der Waals surface area contributed by atoms with E-state index in [9.17, 15) is 26.3 Å². The van der Waals surface area contributed by atoms with E-state index in [1.165, 1.54) is 6.26 Å². The third kappa shape index (κ3) is 7.74. The summed E-state index contributed by atoms with van der Waals surface area (Å²) < 4.78 is 93.5. The number of piperidine rings is 1. The van der Waals surface area contributed by atoms with Gasteiger partial charge in [0.1, 0.15) is 11.1 Å². The molecule has 1 aromatic carbocycles. The molecule has 1 saturated heterocycles. The van der Waals surface area contributed by atoms with Crippen molar-refractivity contribution < 1.29 is 35.1 Å². The van der Waals surface area contributed by atoms with E-state index >= 15 is 0 Å². The molecular formula is C15H19F6NO2S. The van der Waals surface area contributed by atoms with Crippen LogP contribution in [0.15, 0.2) is 18.2 Å². The maximum Gasteiger partial charge on any atom is 0.416 e. The van der Waals surface area contributed by atoms with Gasteiger partial charge in [0.2, 0.25) is 0 Å². The van der Waals surface area contributed by atoms with E-state index in [0.29, 0.717) is 31.3 Å². The quantitative estimate of drug-likeness (QED) is 0.594. The highest BCUT2D eigenvalue weighted by molar-refractivity contribution is 7.78. The number of likely N-dealkylation sites (tertiary alicyclic amines) is 1. The van der Waals surface area contributed by atoms with Crippen molar-refractivity contribution >= 4 is 11.1 Å². The van der Waals surface area contributed by atoms with E-state index in [1.54, 1.807) is 4.90 Å². The predicted octanol–water partition coefficient (Wildman–Crippen LogP) is 4.55. The Hall–Kier alpha value is -1.13. The molecule has 0 aromatic heterocycles. The number of hydrogen-bond donors (Lipinski definition) is 1. The maximum absolute atomic E-state index is 12.9. The second kappa shape index (κ2) is 9.00. The Morgan fingerprint density at radius 2 is 1.56 bits per heavy atom. The summed E-state index contributed by atoms with van der Waals surface area (Å²) >= 11 is -1.61. The molecule has 10 heteroatoms. The number of alkyl halides is 6. The fourth-order valence-electron chi connectivity index (χ4n) is 2.54. The lowest BCUT2D eigenvalue weighted by Gasteiger charge is -2.28. The van der Waals surface area contributed by atoms with Gasteiger partial charge in [-0.2, -0.15) is 26.3 Å². The summed E-state index contributed by atoms with van der Waals surface area (Å²) in [6.45, 7) is 1.14. The van der Waals surface area contributed by atoms with Gasteiger partial charge in [0.05, 0.1) is 11.1 Å². The van der Waals surface area contributed by atoms with Crippen LogP contribution in [0.5, 0.6) is 0 Å². The zero-order valence-electron chi connectivity index (χ0n) is 13.5. The molecule has 25 heavy (non-hydrogen) atoms. The average molecular weight is 391 g/mol. The Kier molecular flexibility index (Phi) is 7.88. The Morgan fingerprint density at radius 3 is 2.00 bits per heavy atom. The summed E-state index contributed by atoms with van der Waals surface area (Å²) in [6.07, 6.45) is -5.36. The number of hydrogen-bond acceptors (Lipinski definition) is 2. The van der Waals surface area contributed by atoms with Crippen molar-refractivity contribution in [2.45, 2.75) is 38.2 Å². The van der Waals surface area contributed by atoms with Crippen LogP contribution in [-0.2, 0) is 30.0 Å². The summed E-state index contributed by atoms with van der Waals surface area (Å²) in [5.74, 6) is 0. The largest absolute Gasteiger partial charge is 0.416 e. The van der Waals surface area contributed by atoms with Crippen molar-refractivity contribution in [3.8, 4) is 0 Å². The molecule has 1 aliphatic heterocycles. The second-order valence-electron chi connectivity index (χ2n) is 5.63. The zero-order valence-corrected chi connectivity index (χ0v) is 14.3. The van der Waals surface area contributed by atoms with Gasteiger partial charge < -0.3 is 4.55 Å². The lowest BCUT2D eigenvalue weighted by atomic mass is 10.0. The van der Waals surface area contributed by atoms with E-state index in [2.05, 4.69) is 0 Å². The van der Waals surface area contributed by atoms with E-state index < -0.39 is 34.6 Å². The summed E-state index contributed by atoms with van der Waals surface area (Å²) in [7, 11) is 0. The average Bonchev–Trinajstić information content (AvgIpc) is 2.45. The molecule has 0 bridgehead atoms. The molecular weight excluding hydrogens is 372 g/mol. The summed E-state index contributed by atoms with van der Waals surface area (Å²) in [5.41, 5.74) is -2.33. The first-order chi connectivity index (χ1) is 11.4. The van der Waals surface area contributed by atoms with Gasteiger partial charge >= 0.3 is 12.4 Å². The molecule has 1 fully saturated rings. The van der Waals surface area contributed by atoms with Gasteiger partial charge in [0.15, 0.2) is 0 Å². The van der Waals surface area contributed by atoms with Gasteiger partial charge in [-0.3, -0.25) is 4.90 Å². The van der Waals surface area contributed by atoms with Crippen LogP contribution in [0.3, 0.4) is 0 Å². The smallest absolute Gasteiger partial charge is 0.306 e. The first-order valence-electron chi connectivity index (χ1n) is 7.43. The molecule has 1 heterocycles. The van der Waals surface area contributed by atoms with Crippen molar-refractivity contribution in [2.24, 2.45) is 0 Å². The van der Waals surface area contributed by atoms with Gasteiger partial charge in [-0.15, -0.1) is 0 Å². The van der Waals surface area contributed by atoms with Gasteiger partial charge in [-0.05, 0) is 49.7 Å². The summed E-state index contributed by atoms with van der Waals surface area (Å²) in [4.78, 5) is 1.77. The van der Waals surface area contributed by atoms with Gasteiger partial charge in [0.25, 0.3) is 0 Å². The minimum absolute atomic E-state index is 0.0984. The minimum Gasteiger partial charge on any atom is -0.306 e. The van der Waals surface area contributed by atoms with Crippen LogP contribution in [0.25, 0.3) is 0 Å². The van der Waals surface area contributed by atoms with Crippen LogP contribution in [0.2, 0.25) is 0 Å². The monoisotopic (exact) mass is 391 g/mol. The van der Waals surface area contributed by atoms with Crippen molar-refractivity contribution in [2.75, 3.05) is 19.3 Å². The molecule has 1 aliphatic rings. The van der Waals surface area contributed by atoms with Gasteiger partial charge in [-0.25, -0.2) is 4.21 Å². The third-order valence-corrected chi connectivity index (χ3v) is 3.58. The first-order valence-corrected chi connectivity index (χ1v) is 8.95. The second-order valence-corrected chi connectivity index (χ2v) is 6.48. The fraction of sp³-hybridized carbons (Fsp3) is 0.600. The lowest BCUT2D eigenvalue weighted by Crippen LogP contribution is -2.30. The van der Waals surface area contributed by atoms with Crippen LogP contribution >= 0.6 is 0 Å². The molecule has 0 aliphatic carbocycles. The Labute approximate surface area is 144 Å². The predicted molar refractivity (Wildman–Crippen MR) is 82.3 cm³/mol. The zero-order chi connectivity index (χ0) is 19.3. The summed E-state index contributed by atoms with van der Waals surface area (Å²) in [6, 6.07) is 1.64. The Morgan fingerprint density at radius 1 is 1.04 bits per heavy atom. The van der Waals surface area contributed by atoms with Crippen LogP contribution < -0.4 is 0 Å². The molecule has 0 saturated carbocycles. The van der Waals surface area contributed by atoms with Crippen LogP contribution in [0.4, 0.5) is 26.3 Å². The van der Waals surface area contributed by atoms with Crippen molar-refractivity contribution in [3.63, 3.8) is 0 Å². The number of rotatable bonds is 2. The molecule has 0 amide bonds. The van der Waals surface area contributed by atoms with Gasteiger partial charge in [-0.1, -0.05) is 6.42 Å². The summed E-state index contributed by atoms with van der Waals surface area (Å²) in [5, 5.41) is 0. The molecule has 0 radical (unpaired) electrons. The highest BCUT2D eigenvalue weighted by atomic mass is 32.2. The topological polar surface area (TPSA) is 40.5 Å². The van der Waals surface area contributed by atoms with E-state index in [1.807, 2.05) is 0 Å². The lowest BCUT2D eigenvalue weighted by molar-refractivity contribution is -0.142. The van der Waals surface area contributed by atoms with Crippen LogP contribution in [0.1, 0.15) is 36.0 Å². The van der Waals surface area contributed by atoms with Crippen LogP contribution in [-0.4, -0.2) is 33.0 Å². The normalized spacial score (nSPS) is 17.6. The standard InChI is InChI=1S/C14H15F6N.CH4O2S/c15-13(16,17)11-4-5-12(14(18,19)20)10(8-11)9-21-6-2-1-3-7-21;1-4(2)3/h4-5,8H,1-3,6-7,9H2;1H3,(H,2,3). The fourth-order valence-corrected chi connectivity index (χ4v) is 2.54. The van der Waals surface area contributed by atoms with Crippen molar-refractivity contribution in [1.29, 1.82) is 0 Å². The molecule has 1 unspecified atom stereocenters. The van der Waals surface area contributed by atoms with Crippen LogP contribution in [0, 0.1) is 0 Å². The minimum atomic E-state index is -4.64. The van der Waals surface area contributed by atoms with E-state index in [-0.39, 0.29) is 12.1 Å². The molecule has 3 nitrogen and oxygen atoms in total. The number of halogens is 6. The molecule has 1 aromatic rings. The molecule has 2 rings (SSSR count). The van der Waals surface area contributed by atoms with E-state index in [0.717, 1.165) is 19.3 Å². The number of benzene rings is 1. The third-order valence-electron chi connectivity index (χ3n) is 3.58. The molecule has 144 valence electrons. The van der Waals surface area contributed by atoms with Crippen molar-refractivity contribution in [1.82, 2.24) is 4.90 Å². The van der Waals surface area contributed by atoms with Crippen molar-refractivity contribution in [3.05, 3.63) is 34.9 Å². The van der Waals surface area contributed by atoms with E-state index in [4.69, 9.17) is 8.76 Å².